The number of carbonyl (C=O) groups is 1. The van der Waals surface area contributed by atoms with Gasteiger partial charge in [-0.25, -0.2) is 13.6 Å². The number of aromatic carboxylic acids is 1. The van der Waals surface area contributed by atoms with E-state index in [9.17, 15) is 9.18 Å². The highest BCUT2D eigenvalue weighted by Gasteiger charge is 2.37. The van der Waals surface area contributed by atoms with Crippen LogP contribution in [0, 0.1) is 5.82 Å². The molecule has 2 aliphatic rings. The lowest BCUT2D eigenvalue weighted by Crippen LogP contribution is -2.44. The zero-order chi connectivity index (χ0) is 24.6. The molecule has 35 heavy (non-hydrogen) atoms. The van der Waals surface area contributed by atoms with E-state index in [1.54, 1.807) is 30.3 Å². The number of carboxylic acids is 1. The van der Waals surface area contributed by atoms with E-state index in [1.165, 1.54) is 12.1 Å². The van der Waals surface area contributed by atoms with E-state index in [-0.39, 0.29) is 48.1 Å². The van der Waals surface area contributed by atoms with Gasteiger partial charge in [0.25, 0.3) is 0 Å². The normalized spacial score (nSPS) is 17.5. The fourth-order valence-electron chi connectivity index (χ4n) is 4.51. The van der Waals surface area contributed by atoms with Crippen molar-refractivity contribution in [2.45, 2.75) is 43.9 Å². The van der Waals surface area contributed by atoms with Crippen LogP contribution in [-0.4, -0.2) is 41.6 Å². The molecule has 1 aromatic heterocycles. The van der Waals surface area contributed by atoms with E-state index >= 15 is 4.39 Å². The molecular formula is C26H25ClF2N2O4. The van der Waals surface area contributed by atoms with Gasteiger partial charge in [0.2, 0.25) is 0 Å². The molecule has 5 rings (SSSR count). The molecule has 0 unspecified atom stereocenters. The Labute approximate surface area is 206 Å². The van der Waals surface area contributed by atoms with Crippen molar-refractivity contribution in [3.63, 3.8) is 0 Å². The van der Waals surface area contributed by atoms with Gasteiger partial charge >= 0.3 is 5.97 Å². The molecule has 2 heterocycles. The molecule has 0 spiro atoms. The lowest BCUT2D eigenvalue weighted by molar-refractivity contribution is -0.00757. The first-order chi connectivity index (χ1) is 16.8. The van der Waals surface area contributed by atoms with Crippen LogP contribution < -0.4 is 4.90 Å². The van der Waals surface area contributed by atoms with Crippen LogP contribution in [0.25, 0.3) is 11.3 Å². The average molecular weight is 503 g/mol. The predicted octanol–water partition coefficient (Wildman–Crippen LogP) is 6.24. The van der Waals surface area contributed by atoms with Crippen LogP contribution in [0.15, 0.2) is 47.0 Å². The first kappa shape index (κ1) is 23.8. The van der Waals surface area contributed by atoms with Crippen molar-refractivity contribution in [1.29, 1.82) is 0 Å². The SMILES string of the molecule is O=C(O)c1ccc(N2CCC(F)(COCc3c(-c4c(F)cccc4Cl)noc3C3CC3)CC2)cc1. The highest BCUT2D eigenvalue weighted by molar-refractivity contribution is 6.33. The van der Waals surface area contributed by atoms with Crippen molar-refractivity contribution in [2.24, 2.45) is 0 Å². The first-order valence-corrected chi connectivity index (χ1v) is 12.0. The van der Waals surface area contributed by atoms with Gasteiger partial charge < -0.3 is 19.3 Å². The second-order valence-electron chi connectivity index (χ2n) is 9.23. The van der Waals surface area contributed by atoms with E-state index in [1.807, 2.05) is 4.90 Å². The van der Waals surface area contributed by atoms with Crippen LogP contribution in [0.5, 0.6) is 0 Å². The maximum absolute atomic E-state index is 15.5. The average Bonchev–Trinajstić information content (AvgIpc) is 3.61. The third-order valence-corrected chi connectivity index (χ3v) is 7.03. The molecule has 0 bridgehead atoms. The zero-order valence-corrected chi connectivity index (χ0v) is 19.7. The summed E-state index contributed by atoms with van der Waals surface area (Å²) in [6.07, 6.45) is 2.48. The number of nitrogens with zero attached hydrogens (tertiary/aromatic N) is 2. The molecular weight excluding hydrogens is 478 g/mol. The second-order valence-corrected chi connectivity index (χ2v) is 9.63. The minimum absolute atomic E-state index is 0.0569. The molecule has 0 amide bonds. The third-order valence-electron chi connectivity index (χ3n) is 6.71. The maximum Gasteiger partial charge on any atom is 0.335 e. The Morgan fingerprint density at radius 3 is 2.54 bits per heavy atom. The first-order valence-electron chi connectivity index (χ1n) is 11.6. The van der Waals surface area contributed by atoms with Crippen LogP contribution in [0.2, 0.25) is 5.02 Å². The summed E-state index contributed by atoms with van der Waals surface area (Å²) in [7, 11) is 0. The van der Waals surface area contributed by atoms with E-state index in [0.29, 0.717) is 30.1 Å². The number of benzene rings is 2. The van der Waals surface area contributed by atoms with Gasteiger partial charge in [0.1, 0.15) is 22.9 Å². The predicted molar refractivity (Wildman–Crippen MR) is 127 cm³/mol. The highest BCUT2D eigenvalue weighted by atomic mass is 35.5. The van der Waals surface area contributed by atoms with Crippen molar-refractivity contribution in [1.82, 2.24) is 5.16 Å². The number of hydrogen-bond acceptors (Lipinski definition) is 5. The topological polar surface area (TPSA) is 75.8 Å². The van der Waals surface area contributed by atoms with Gasteiger partial charge in [-0.1, -0.05) is 22.8 Å². The largest absolute Gasteiger partial charge is 0.478 e. The summed E-state index contributed by atoms with van der Waals surface area (Å²) in [5, 5.41) is 13.4. The minimum Gasteiger partial charge on any atom is -0.478 e. The lowest BCUT2D eigenvalue weighted by Gasteiger charge is -2.37. The van der Waals surface area contributed by atoms with E-state index in [0.717, 1.165) is 18.5 Å². The van der Waals surface area contributed by atoms with Gasteiger partial charge in [-0.3, -0.25) is 0 Å². The summed E-state index contributed by atoms with van der Waals surface area (Å²) in [4.78, 5) is 13.1. The molecule has 1 aliphatic heterocycles. The molecule has 1 saturated carbocycles. The number of halogens is 3. The van der Waals surface area contributed by atoms with E-state index in [2.05, 4.69) is 5.16 Å². The monoisotopic (exact) mass is 502 g/mol. The number of hydrogen-bond donors (Lipinski definition) is 1. The molecule has 0 atom stereocenters. The summed E-state index contributed by atoms with van der Waals surface area (Å²) in [6.45, 7) is 0.936. The zero-order valence-electron chi connectivity index (χ0n) is 19.0. The molecule has 1 N–H and O–H groups in total. The van der Waals surface area contributed by atoms with Gasteiger partial charge in [-0.05, 0) is 49.2 Å². The summed E-state index contributed by atoms with van der Waals surface area (Å²) >= 11 is 6.25. The van der Waals surface area contributed by atoms with Gasteiger partial charge in [0.05, 0.1) is 29.4 Å². The Morgan fingerprint density at radius 2 is 1.91 bits per heavy atom. The molecule has 2 fully saturated rings. The maximum atomic E-state index is 15.5. The molecule has 6 nitrogen and oxygen atoms in total. The van der Waals surface area contributed by atoms with Crippen molar-refractivity contribution < 1.29 is 27.9 Å². The molecule has 2 aromatic carbocycles. The van der Waals surface area contributed by atoms with Crippen molar-refractivity contribution in [3.8, 4) is 11.3 Å². The van der Waals surface area contributed by atoms with Gasteiger partial charge in [-0.2, -0.15) is 0 Å². The van der Waals surface area contributed by atoms with E-state index < -0.39 is 17.5 Å². The Hall–Kier alpha value is -2.97. The Kier molecular flexibility index (Phi) is 6.51. The molecule has 9 heteroatoms. The summed E-state index contributed by atoms with van der Waals surface area (Å²) in [5.41, 5.74) is 0.684. The van der Waals surface area contributed by atoms with Gasteiger partial charge in [0.15, 0.2) is 0 Å². The van der Waals surface area contributed by atoms with Crippen LogP contribution in [0.4, 0.5) is 14.5 Å². The Morgan fingerprint density at radius 1 is 1.20 bits per heavy atom. The van der Waals surface area contributed by atoms with Crippen molar-refractivity contribution in [2.75, 3.05) is 24.6 Å². The standard InChI is InChI=1S/C26H25ClF2N2O4/c27-20-2-1-3-21(28)22(20)23-19(24(35-30-23)16-4-5-16)14-34-15-26(29)10-12-31(13-11-26)18-8-6-17(7-9-18)25(32)33/h1-3,6-9,16H,4-5,10-15H2,(H,32,33). The van der Waals surface area contributed by atoms with Crippen LogP contribution in [0.1, 0.15) is 53.3 Å². The summed E-state index contributed by atoms with van der Waals surface area (Å²) < 4.78 is 41.5. The molecule has 0 radical (unpaired) electrons. The summed E-state index contributed by atoms with van der Waals surface area (Å²) in [5.74, 6) is -0.601. The number of aromatic nitrogens is 1. The second kappa shape index (κ2) is 9.59. The smallest absolute Gasteiger partial charge is 0.335 e. The Bertz CT molecular complexity index is 1200. The van der Waals surface area contributed by atoms with Crippen LogP contribution in [-0.2, 0) is 11.3 Å². The molecule has 3 aromatic rings. The lowest BCUT2D eigenvalue weighted by atomic mass is 9.93. The van der Waals surface area contributed by atoms with Crippen LogP contribution in [0.3, 0.4) is 0 Å². The van der Waals surface area contributed by atoms with E-state index in [4.69, 9.17) is 26.0 Å². The summed E-state index contributed by atoms with van der Waals surface area (Å²) in [6, 6.07) is 11.0. The molecule has 1 aliphatic carbocycles. The van der Waals surface area contributed by atoms with Crippen LogP contribution >= 0.6 is 11.6 Å². The highest BCUT2D eigenvalue weighted by Crippen LogP contribution is 2.45. The fraction of sp³-hybridized carbons (Fsp3) is 0.385. The number of piperidine rings is 1. The fourth-order valence-corrected chi connectivity index (χ4v) is 4.76. The van der Waals surface area contributed by atoms with Crippen molar-refractivity contribution >= 4 is 23.3 Å². The minimum atomic E-state index is -1.50. The third kappa shape index (κ3) is 5.04. The number of ether oxygens (including phenoxy) is 1. The quantitative estimate of drug-likeness (QED) is 0.393. The van der Waals surface area contributed by atoms with Gasteiger partial charge in [0, 0.05) is 43.1 Å². The Balaban J connectivity index is 1.23. The molecule has 184 valence electrons. The van der Waals surface area contributed by atoms with Gasteiger partial charge in [-0.15, -0.1) is 0 Å². The van der Waals surface area contributed by atoms with Crippen molar-refractivity contribution in [3.05, 3.63) is 70.2 Å². The number of rotatable bonds is 8. The number of anilines is 1. The number of alkyl halides is 1. The molecule has 1 saturated heterocycles. The number of carboxylic acid groups (broad SMARTS) is 1.